The zero-order valence-electron chi connectivity index (χ0n) is 15.8. The number of hydrogen-bond acceptors (Lipinski definition) is 4. The van der Waals surface area contributed by atoms with Gasteiger partial charge < -0.3 is 15.1 Å². The van der Waals surface area contributed by atoms with Gasteiger partial charge in [-0.15, -0.1) is 0 Å². The lowest BCUT2D eigenvalue weighted by Crippen LogP contribution is -2.56. The highest BCUT2D eigenvalue weighted by Gasteiger charge is 2.44. The Hall–Kier alpha value is -2.25. The van der Waals surface area contributed by atoms with Crippen LogP contribution in [0, 0.1) is 11.2 Å². The van der Waals surface area contributed by atoms with Crippen LogP contribution in [0.2, 0.25) is 0 Å². The maximum absolute atomic E-state index is 13.2. The Labute approximate surface area is 163 Å². The summed E-state index contributed by atoms with van der Waals surface area (Å²) >= 11 is 0. The van der Waals surface area contributed by atoms with E-state index in [1.54, 1.807) is 17.0 Å². The number of aromatic nitrogens is 2. The van der Waals surface area contributed by atoms with Gasteiger partial charge in [-0.1, -0.05) is 12.1 Å². The predicted molar refractivity (Wildman–Crippen MR) is 101 cm³/mol. The lowest BCUT2D eigenvalue weighted by Gasteiger charge is -2.45. The van der Waals surface area contributed by atoms with Crippen LogP contribution >= 0.6 is 0 Å². The van der Waals surface area contributed by atoms with E-state index in [1.807, 2.05) is 0 Å². The van der Waals surface area contributed by atoms with E-state index in [1.165, 1.54) is 12.1 Å². The van der Waals surface area contributed by atoms with Gasteiger partial charge in [0.15, 0.2) is 5.69 Å². The van der Waals surface area contributed by atoms with E-state index in [0.717, 1.165) is 42.5 Å². The van der Waals surface area contributed by atoms with Gasteiger partial charge in [0, 0.05) is 29.8 Å². The van der Waals surface area contributed by atoms with Gasteiger partial charge in [0.2, 0.25) is 0 Å². The molecule has 2 heterocycles. The summed E-state index contributed by atoms with van der Waals surface area (Å²) in [7, 11) is 0. The first kappa shape index (κ1) is 19.1. The zero-order chi connectivity index (χ0) is 19.7. The molecule has 150 valence electrons. The van der Waals surface area contributed by atoms with Gasteiger partial charge in [-0.2, -0.15) is 5.10 Å². The van der Waals surface area contributed by atoms with Gasteiger partial charge in [0.25, 0.3) is 5.91 Å². The van der Waals surface area contributed by atoms with Gasteiger partial charge in [-0.3, -0.25) is 9.89 Å². The maximum Gasteiger partial charge on any atom is 0.274 e. The van der Waals surface area contributed by atoms with E-state index in [4.69, 9.17) is 0 Å². The van der Waals surface area contributed by atoms with Crippen molar-refractivity contribution in [2.24, 2.45) is 5.41 Å². The zero-order valence-corrected chi connectivity index (χ0v) is 15.8. The quantitative estimate of drug-likeness (QED) is 0.747. The summed E-state index contributed by atoms with van der Waals surface area (Å²) in [6, 6.07) is 6.05. The molecule has 0 radical (unpaired) electrons. The molecule has 1 fully saturated rings. The molecule has 28 heavy (non-hydrogen) atoms. The molecule has 4 rings (SSSR count). The number of piperidine rings is 1. The van der Waals surface area contributed by atoms with E-state index in [2.05, 4.69) is 10.2 Å². The number of carbonyl (C=O) groups is 1. The highest BCUT2D eigenvalue weighted by atomic mass is 19.1. The second kappa shape index (κ2) is 7.64. The number of amides is 1. The van der Waals surface area contributed by atoms with Crippen LogP contribution in [-0.4, -0.2) is 57.0 Å². The molecule has 0 bridgehead atoms. The van der Waals surface area contributed by atoms with Gasteiger partial charge in [0.1, 0.15) is 5.82 Å². The Bertz CT molecular complexity index is 851. The van der Waals surface area contributed by atoms with Crippen LogP contribution in [0.3, 0.4) is 0 Å². The number of H-pyrrole nitrogens is 1. The summed E-state index contributed by atoms with van der Waals surface area (Å²) < 4.78 is 13.2. The van der Waals surface area contributed by atoms with Crippen LogP contribution in [0.15, 0.2) is 24.3 Å². The number of aliphatic hydroxyl groups excluding tert-OH is 2. The summed E-state index contributed by atoms with van der Waals surface area (Å²) in [6.07, 6.45) is 3.94. The number of benzene rings is 1. The van der Waals surface area contributed by atoms with E-state index in [-0.39, 0.29) is 24.9 Å². The lowest BCUT2D eigenvalue weighted by molar-refractivity contribution is -0.0669. The third-order valence-corrected chi connectivity index (χ3v) is 6.22. The molecule has 1 aromatic heterocycles. The lowest BCUT2D eigenvalue weighted by atomic mass is 9.73. The van der Waals surface area contributed by atoms with Crippen molar-refractivity contribution >= 4 is 5.91 Å². The number of aliphatic hydroxyl groups is 2. The van der Waals surface area contributed by atoms with Crippen molar-refractivity contribution in [1.29, 1.82) is 0 Å². The first-order chi connectivity index (χ1) is 13.5. The number of nitrogens with zero attached hydrogens (tertiary/aromatic N) is 2. The molecular weight excluding hydrogens is 361 g/mol. The summed E-state index contributed by atoms with van der Waals surface area (Å²) in [5.74, 6) is -0.477. The number of halogens is 1. The molecule has 0 saturated carbocycles. The average Bonchev–Trinajstić information content (AvgIpc) is 3.15. The van der Waals surface area contributed by atoms with E-state index in [9.17, 15) is 19.4 Å². The molecule has 2 aliphatic rings. The molecule has 0 unspecified atom stereocenters. The number of hydrogen-bond donors (Lipinski definition) is 3. The average molecular weight is 387 g/mol. The molecule has 1 aliphatic heterocycles. The fourth-order valence-corrected chi connectivity index (χ4v) is 4.52. The first-order valence-corrected chi connectivity index (χ1v) is 9.91. The van der Waals surface area contributed by atoms with Gasteiger partial charge in [-0.25, -0.2) is 4.39 Å². The fraction of sp³-hybridized carbons (Fsp3) is 0.524. The minimum absolute atomic E-state index is 0.150. The molecule has 6 nitrogen and oxygen atoms in total. The number of fused-ring (bicyclic) bond motifs is 1. The topological polar surface area (TPSA) is 89.5 Å². The summed E-state index contributed by atoms with van der Waals surface area (Å²) in [4.78, 5) is 14.9. The minimum atomic E-state index is -0.873. The van der Waals surface area contributed by atoms with Crippen molar-refractivity contribution in [2.75, 3.05) is 19.7 Å². The number of aromatic amines is 1. The Kier molecular flexibility index (Phi) is 5.21. The Morgan fingerprint density at radius 1 is 1.29 bits per heavy atom. The third kappa shape index (κ3) is 3.44. The van der Waals surface area contributed by atoms with E-state index < -0.39 is 11.5 Å². The SMILES string of the molecule is O=C(c1n[nH]c2c1CCCC2)N1CC[C@H](O)[C@@](CO)(Cc2ccc(F)cc2)C1. The minimum Gasteiger partial charge on any atom is -0.396 e. The van der Waals surface area contributed by atoms with Gasteiger partial charge in [0.05, 0.1) is 12.7 Å². The third-order valence-electron chi connectivity index (χ3n) is 6.22. The van der Waals surface area contributed by atoms with Gasteiger partial charge >= 0.3 is 0 Å². The van der Waals surface area contributed by atoms with Crippen molar-refractivity contribution in [1.82, 2.24) is 15.1 Å². The largest absolute Gasteiger partial charge is 0.396 e. The molecule has 1 aromatic carbocycles. The van der Waals surface area contributed by atoms with Crippen LogP contribution in [0.1, 0.15) is 46.6 Å². The molecule has 7 heteroatoms. The number of likely N-dealkylation sites (tertiary alicyclic amines) is 1. The second-order valence-electron chi connectivity index (χ2n) is 8.09. The molecule has 2 atom stereocenters. The fourth-order valence-electron chi connectivity index (χ4n) is 4.52. The van der Waals surface area contributed by atoms with Crippen LogP contribution in [0.5, 0.6) is 0 Å². The van der Waals surface area contributed by atoms with Crippen molar-refractivity contribution < 1.29 is 19.4 Å². The smallest absolute Gasteiger partial charge is 0.274 e. The number of nitrogens with one attached hydrogen (secondary N) is 1. The van der Waals surface area contributed by atoms with Crippen LogP contribution < -0.4 is 0 Å². The monoisotopic (exact) mass is 387 g/mol. The Morgan fingerprint density at radius 2 is 2.04 bits per heavy atom. The normalized spacial score (nSPS) is 24.8. The number of aryl methyl sites for hydroxylation is 1. The second-order valence-corrected chi connectivity index (χ2v) is 8.09. The molecule has 1 saturated heterocycles. The standard InChI is InChI=1S/C21H26FN3O3/c22-15-7-5-14(6-8-15)11-21(13-26)12-25(10-9-18(21)27)20(28)19-16-3-1-2-4-17(16)23-24-19/h5-8,18,26-27H,1-4,9-13H2,(H,23,24)/t18-,21-/m0/s1. The van der Waals surface area contributed by atoms with Crippen molar-refractivity contribution in [3.05, 3.63) is 52.6 Å². The van der Waals surface area contributed by atoms with E-state index in [0.29, 0.717) is 25.1 Å². The highest BCUT2D eigenvalue weighted by molar-refractivity contribution is 5.94. The number of carbonyl (C=O) groups excluding carboxylic acids is 1. The first-order valence-electron chi connectivity index (χ1n) is 9.91. The maximum atomic E-state index is 13.2. The van der Waals surface area contributed by atoms with Crippen LogP contribution in [0.25, 0.3) is 0 Å². The molecule has 1 amide bonds. The van der Waals surface area contributed by atoms with Crippen molar-refractivity contribution in [3.8, 4) is 0 Å². The van der Waals surface area contributed by atoms with Crippen molar-refractivity contribution in [3.63, 3.8) is 0 Å². The summed E-state index contributed by atoms with van der Waals surface area (Å²) in [5.41, 5.74) is 2.48. The predicted octanol–water partition coefficient (Wildman–Crippen LogP) is 1.86. The molecule has 0 spiro atoms. The van der Waals surface area contributed by atoms with Crippen LogP contribution in [-0.2, 0) is 19.3 Å². The molecule has 1 aliphatic carbocycles. The Balaban J connectivity index is 1.57. The molecule has 3 N–H and O–H groups in total. The highest BCUT2D eigenvalue weighted by Crippen LogP contribution is 2.35. The molecular formula is C21H26FN3O3. The van der Waals surface area contributed by atoms with Gasteiger partial charge in [-0.05, 0) is 56.2 Å². The summed E-state index contributed by atoms with van der Waals surface area (Å²) in [5, 5.41) is 28.1. The van der Waals surface area contributed by atoms with E-state index >= 15 is 0 Å². The molecule has 2 aromatic rings. The summed E-state index contributed by atoms with van der Waals surface area (Å²) in [6.45, 7) is 0.406. The Morgan fingerprint density at radius 3 is 2.79 bits per heavy atom. The van der Waals surface area contributed by atoms with Crippen LogP contribution in [0.4, 0.5) is 4.39 Å². The van der Waals surface area contributed by atoms with Crippen molar-refractivity contribution in [2.45, 2.75) is 44.6 Å². The number of rotatable bonds is 4.